The second kappa shape index (κ2) is 10.4. The Morgan fingerprint density at radius 3 is 1.93 bits per heavy atom. The van der Waals surface area contributed by atoms with E-state index in [1.807, 2.05) is 84.9 Å². The lowest BCUT2D eigenvalue weighted by Crippen LogP contribution is -2.10. The van der Waals surface area contributed by atoms with E-state index in [0.29, 0.717) is 11.5 Å². The van der Waals surface area contributed by atoms with Gasteiger partial charge in [-0.3, -0.25) is 0 Å². The molecule has 0 radical (unpaired) electrons. The zero-order valence-electron chi connectivity index (χ0n) is 15.1. The highest BCUT2D eigenvalue weighted by atomic mass is 35.5. The summed E-state index contributed by atoms with van der Waals surface area (Å²) in [7, 11) is 0. The SMILES string of the molecule is C=CCC[C@@H](N)c1ccc(Oc2ccccc2)c(Oc2ccccc2)c1.Cl. The van der Waals surface area contributed by atoms with E-state index in [4.69, 9.17) is 15.2 Å². The molecule has 0 saturated carbocycles. The van der Waals surface area contributed by atoms with Gasteiger partial charge in [0, 0.05) is 6.04 Å². The number of rotatable bonds is 8. The van der Waals surface area contributed by atoms with E-state index in [1.54, 1.807) is 0 Å². The Hall–Kier alpha value is -2.75. The Morgan fingerprint density at radius 1 is 0.815 bits per heavy atom. The minimum Gasteiger partial charge on any atom is -0.453 e. The van der Waals surface area contributed by atoms with Gasteiger partial charge in [-0.1, -0.05) is 48.5 Å². The fraction of sp³-hybridized carbons (Fsp3) is 0.130. The third kappa shape index (κ3) is 5.88. The van der Waals surface area contributed by atoms with Gasteiger partial charge < -0.3 is 15.2 Å². The van der Waals surface area contributed by atoms with E-state index in [2.05, 4.69) is 6.58 Å². The fourth-order valence-electron chi connectivity index (χ4n) is 2.61. The summed E-state index contributed by atoms with van der Waals surface area (Å²) in [5, 5.41) is 0. The minimum atomic E-state index is -0.0723. The van der Waals surface area contributed by atoms with Gasteiger partial charge in [-0.05, 0) is 54.8 Å². The normalized spacial score (nSPS) is 11.1. The summed E-state index contributed by atoms with van der Waals surface area (Å²) in [5.41, 5.74) is 7.31. The van der Waals surface area contributed by atoms with Crippen molar-refractivity contribution in [2.75, 3.05) is 0 Å². The highest BCUT2D eigenvalue weighted by Crippen LogP contribution is 2.37. The van der Waals surface area contributed by atoms with Crippen LogP contribution in [0, 0.1) is 0 Å². The summed E-state index contributed by atoms with van der Waals surface area (Å²) in [6.45, 7) is 3.76. The quantitative estimate of drug-likeness (QED) is 0.444. The van der Waals surface area contributed by atoms with Crippen molar-refractivity contribution in [3.63, 3.8) is 0 Å². The molecule has 0 aliphatic heterocycles. The number of halogens is 1. The number of hydrogen-bond donors (Lipinski definition) is 1. The summed E-state index contributed by atoms with van der Waals surface area (Å²) in [5.74, 6) is 2.81. The zero-order chi connectivity index (χ0) is 18.2. The summed E-state index contributed by atoms with van der Waals surface area (Å²) in [4.78, 5) is 0. The van der Waals surface area contributed by atoms with Gasteiger partial charge in [0.25, 0.3) is 0 Å². The summed E-state index contributed by atoms with van der Waals surface area (Å²) in [6, 6.07) is 25.1. The molecule has 27 heavy (non-hydrogen) atoms. The van der Waals surface area contributed by atoms with E-state index >= 15 is 0 Å². The molecule has 0 aromatic heterocycles. The molecule has 1 atom stereocenters. The molecular formula is C23H24ClNO2. The van der Waals surface area contributed by atoms with Crippen LogP contribution in [0.15, 0.2) is 91.5 Å². The lowest BCUT2D eigenvalue weighted by molar-refractivity contribution is 0.417. The number of hydrogen-bond acceptors (Lipinski definition) is 3. The maximum absolute atomic E-state index is 6.30. The number of ether oxygens (including phenoxy) is 2. The number of benzene rings is 3. The lowest BCUT2D eigenvalue weighted by Gasteiger charge is -2.16. The van der Waals surface area contributed by atoms with Gasteiger partial charge in [-0.15, -0.1) is 19.0 Å². The highest BCUT2D eigenvalue weighted by molar-refractivity contribution is 5.85. The van der Waals surface area contributed by atoms with Crippen LogP contribution in [0.1, 0.15) is 24.4 Å². The van der Waals surface area contributed by atoms with Gasteiger partial charge in [-0.25, -0.2) is 0 Å². The van der Waals surface area contributed by atoms with Crippen LogP contribution in [0.2, 0.25) is 0 Å². The Labute approximate surface area is 166 Å². The van der Waals surface area contributed by atoms with Gasteiger partial charge in [0.2, 0.25) is 0 Å². The molecule has 140 valence electrons. The van der Waals surface area contributed by atoms with Crippen molar-refractivity contribution in [2.24, 2.45) is 5.73 Å². The van der Waals surface area contributed by atoms with Crippen LogP contribution < -0.4 is 15.2 Å². The van der Waals surface area contributed by atoms with Gasteiger partial charge in [0.1, 0.15) is 11.5 Å². The van der Waals surface area contributed by atoms with E-state index in [-0.39, 0.29) is 18.4 Å². The molecule has 0 aliphatic rings. The van der Waals surface area contributed by atoms with Crippen molar-refractivity contribution in [1.29, 1.82) is 0 Å². The Kier molecular flexibility index (Phi) is 7.93. The number of para-hydroxylation sites is 2. The van der Waals surface area contributed by atoms with Crippen molar-refractivity contribution in [2.45, 2.75) is 18.9 Å². The van der Waals surface area contributed by atoms with E-state index in [9.17, 15) is 0 Å². The van der Waals surface area contributed by atoms with Crippen molar-refractivity contribution in [1.82, 2.24) is 0 Å². The first kappa shape index (κ1) is 20.6. The molecule has 0 spiro atoms. The predicted octanol–water partition coefficient (Wildman–Crippen LogP) is 6.66. The van der Waals surface area contributed by atoms with Gasteiger partial charge in [0.15, 0.2) is 11.5 Å². The van der Waals surface area contributed by atoms with Crippen molar-refractivity contribution >= 4 is 12.4 Å². The summed E-state index contributed by atoms with van der Waals surface area (Å²) in [6.07, 6.45) is 3.60. The van der Waals surface area contributed by atoms with E-state index in [1.165, 1.54) is 0 Å². The van der Waals surface area contributed by atoms with Crippen molar-refractivity contribution in [3.05, 3.63) is 97.1 Å². The lowest BCUT2D eigenvalue weighted by atomic mass is 10.0. The maximum Gasteiger partial charge on any atom is 0.170 e. The number of allylic oxidation sites excluding steroid dienone is 1. The molecule has 3 aromatic rings. The molecule has 3 aromatic carbocycles. The van der Waals surface area contributed by atoms with Crippen LogP contribution in [0.5, 0.6) is 23.0 Å². The Morgan fingerprint density at radius 2 is 1.37 bits per heavy atom. The second-order valence-electron chi connectivity index (χ2n) is 6.01. The van der Waals surface area contributed by atoms with Gasteiger partial charge in [0.05, 0.1) is 0 Å². The fourth-order valence-corrected chi connectivity index (χ4v) is 2.61. The molecular weight excluding hydrogens is 358 g/mol. The monoisotopic (exact) mass is 381 g/mol. The van der Waals surface area contributed by atoms with Gasteiger partial charge in [-0.2, -0.15) is 0 Å². The molecule has 0 heterocycles. The molecule has 0 bridgehead atoms. The maximum atomic E-state index is 6.30. The molecule has 2 N–H and O–H groups in total. The molecule has 0 unspecified atom stereocenters. The highest BCUT2D eigenvalue weighted by Gasteiger charge is 2.13. The smallest absolute Gasteiger partial charge is 0.170 e. The van der Waals surface area contributed by atoms with Crippen LogP contribution in [0.3, 0.4) is 0 Å². The summed E-state index contributed by atoms with van der Waals surface area (Å²) >= 11 is 0. The van der Waals surface area contributed by atoms with Crippen LogP contribution >= 0.6 is 12.4 Å². The first-order valence-corrected chi connectivity index (χ1v) is 8.72. The third-order valence-corrected chi connectivity index (χ3v) is 4.02. The topological polar surface area (TPSA) is 44.5 Å². The second-order valence-corrected chi connectivity index (χ2v) is 6.01. The molecule has 0 aliphatic carbocycles. The standard InChI is InChI=1S/C23H23NO2.ClH/c1-2-3-14-21(24)18-15-16-22(25-19-10-6-4-7-11-19)23(17-18)26-20-12-8-5-9-13-20;/h2,4-13,15-17,21H,1,3,14,24H2;1H/t21-;/m1./s1. The largest absolute Gasteiger partial charge is 0.453 e. The number of nitrogens with two attached hydrogens (primary N) is 1. The molecule has 3 nitrogen and oxygen atoms in total. The van der Waals surface area contributed by atoms with Crippen LogP contribution in [-0.2, 0) is 0 Å². The van der Waals surface area contributed by atoms with E-state index in [0.717, 1.165) is 29.9 Å². The molecule has 0 saturated heterocycles. The predicted molar refractivity (Wildman–Crippen MR) is 113 cm³/mol. The first-order chi connectivity index (χ1) is 12.8. The van der Waals surface area contributed by atoms with E-state index < -0.39 is 0 Å². The van der Waals surface area contributed by atoms with Gasteiger partial charge >= 0.3 is 0 Å². The van der Waals surface area contributed by atoms with Crippen LogP contribution in [0.25, 0.3) is 0 Å². The molecule has 0 fully saturated rings. The minimum absolute atomic E-state index is 0. The van der Waals surface area contributed by atoms with Crippen LogP contribution in [0.4, 0.5) is 0 Å². The average molecular weight is 382 g/mol. The Balaban J connectivity index is 0.00000261. The first-order valence-electron chi connectivity index (χ1n) is 8.72. The molecule has 0 amide bonds. The van der Waals surface area contributed by atoms with Crippen LogP contribution in [-0.4, -0.2) is 0 Å². The van der Waals surface area contributed by atoms with Crippen molar-refractivity contribution < 1.29 is 9.47 Å². The molecule has 3 rings (SSSR count). The molecule has 4 heteroatoms. The van der Waals surface area contributed by atoms with Crippen molar-refractivity contribution in [3.8, 4) is 23.0 Å². The zero-order valence-corrected chi connectivity index (χ0v) is 15.9. The Bertz CT molecular complexity index is 838. The third-order valence-electron chi connectivity index (χ3n) is 4.02. The summed E-state index contributed by atoms with van der Waals surface area (Å²) < 4.78 is 12.1. The average Bonchev–Trinajstić information content (AvgIpc) is 2.69.